The number of alkyl halides is 3. The number of hydrogen-bond donors (Lipinski definition) is 4. The monoisotopic (exact) mass is 546 g/mol. The molecule has 1 aliphatic carbocycles. The molecule has 0 radical (unpaired) electrons. The van der Waals surface area contributed by atoms with Gasteiger partial charge in [-0.25, -0.2) is 9.18 Å². The number of carbonyl (C=O) groups excluding carboxylic acids is 2. The van der Waals surface area contributed by atoms with Crippen molar-refractivity contribution in [1.29, 1.82) is 0 Å². The van der Waals surface area contributed by atoms with Gasteiger partial charge in [0, 0.05) is 53.3 Å². The van der Waals surface area contributed by atoms with E-state index in [4.69, 9.17) is 9.90 Å². The third kappa shape index (κ3) is 6.81. The molecule has 1 saturated carbocycles. The molecule has 1 fully saturated rings. The third-order valence-electron chi connectivity index (χ3n) is 6.57. The lowest BCUT2D eigenvalue weighted by Crippen LogP contribution is -2.36. The number of pyridine rings is 1. The summed E-state index contributed by atoms with van der Waals surface area (Å²) in [5.41, 5.74) is 4.27. The Labute approximate surface area is 220 Å². The zero-order valence-electron chi connectivity index (χ0n) is 20.7. The van der Waals surface area contributed by atoms with Gasteiger partial charge < -0.3 is 20.7 Å². The summed E-state index contributed by atoms with van der Waals surface area (Å²) in [5, 5.41) is 13.0. The molecule has 0 atom stereocenters. The second-order valence-corrected chi connectivity index (χ2v) is 9.32. The lowest BCUT2D eigenvalue weighted by Gasteiger charge is -2.22. The van der Waals surface area contributed by atoms with Crippen molar-refractivity contribution < 1.29 is 37.1 Å². The molecule has 3 heterocycles. The fourth-order valence-corrected chi connectivity index (χ4v) is 4.57. The van der Waals surface area contributed by atoms with Gasteiger partial charge in [-0.2, -0.15) is 13.2 Å². The first-order valence-electron chi connectivity index (χ1n) is 12.4. The van der Waals surface area contributed by atoms with Crippen LogP contribution in [0.25, 0.3) is 22.5 Å². The Kier molecular flexibility index (Phi) is 8.32. The van der Waals surface area contributed by atoms with Crippen LogP contribution < -0.4 is 10.6 Å². The number of nitrogens with one attached hydrogen (secondary N) is 3. The Morgan fingerprint density at radius 2 is 1.74 bits per heavy atom. The fraction of sp³-hybridized carbons (Fsp3) is 0.333. The number of carboxylic acid groups (broad SMARTS) is 1. The molecular weight excluding hydrogens is 520 g/mol. The summed E-state index contributed by atoms with van der Waals surface area (Å²) >= 11 is 0. The normalized spacial score (nSPS) is 15.4. The van der Waals surface area contributed by atoms with Gasteiger partial charge >= 0.3 is 12.1 Å². The molecule has 1 aromatic carbocycles. The molecule has 0 unspecified atom stereocenters. The summed E-state index contributed by atoms with van der Waals surface area (Å²) < 4.78 is 46.7. The van der Waals surface area contributed by atoms with Crippen molar-refractivity contribution in [3.05, 3.63) is 65.2 Å². The SMILES string of the molecule is O=C(NC1CCCCC1)c1ccc(-c2cc(-c3cc4c([nH]3)CCNC4=O)ccn2)c(F)c1.O=C(O)C(F)(F)F. The topological polar surface area (TPSA) is 124 Å². The van der Waals surface area contributed by atoms with Gasteiger partial charge in [-0.05, 0) is 49.2 Å². The maximum absolute atomic E-state index is 15.0. The number of fused-ring (bicyclic) bond motifs is 1. The fourth-order valence-electron chi connectivity index (χ4n) is 4.57. The van der Waals surface area contributed by atoms with Crippen molar-refractivity contribution in [2.45, 2.75) is 50.7 Å². The number of nitrogens with zero attached hydrogens (tertiary/aromatic N) is 1. The second-order valence-electron chi connectivity index (χ2n) is 9.32. The van der Waals surface area contributed by atoms with E-state index in [1.807, 2.05) is 12.1 Å². The predicted molar refractivity (Wildman–Crippen MR) is 133 cm³/mol. The van der Waals surface area contributed by atoms with Crippen molar-refractivity contribution in [3.63, 3.8) is 0 Å². The molecule has 2 amide bonds. The van der Waals surface area contributed by atoms with E-state index >= 15 is 0 Å². The summed E-state index contributed by atoms with van der Waals surface area (Å²) in [5.74, 6) is -3.57. The van der Waals surface area contributed by atoms with Crippen molar-refractivity contribution >= 4 is 17.8 Å². The van der Waals surface area contributed by atoms with Crippen molar-refractivity contribution in [2.24, 2.45) is 0 Å². The number of amides is 2. The molecule has 39 heavy (non-hydrogen) atoms. The minimum absolute atomic E-state index is 0.0869. The minimum atomic E-state index is -5.08. The molecule has 0 saturated heterocycles. The number of H-pyrrole nitrogens is 1. The Hall–Kier alpha value is -4.22. The third-order valence-corrected chi connectivity index (χ3v) is 6.57. The summed E-state index contributed by atoms with van der Waals surface area (Å²) in [6.45, 7) is 0.610. The molecule has 12 heteroatoms. The van der Waals surface area contributed by atoms with Crippen LogP contribution in [0.15, 0.2) is 42.6 Å². The van der Waals surface area contributed by atoms with Gasteiger partial charge in [0.2, 0.25) is 0 Å². The number of hydrogen-bond acceptors (Lipinski definition) is 4. The zero-order valence-corrected chi connectivity index (χ0v) is 20.7. The molecule has 2 aliphatic rings. The van der Waals surface area contributed by atoms with Crippen LogP contribution in [-0.2, 0) is 11.2 Å². The average molecular weight is 547 g/mol. The number of aromatic amines is 1. The first kappa shape index (κ1) is 27.8. The van der Waals surface area contributed by atoms with Crippen LogP contribution in [0.5, 0.6) is 0 Å². The van der Waals surface area contributed by atoms with E-state index in [2.05, 4.69) is 20.6 Å². The van der Waals surface area contributed by atoms with Gasteiger partial charge in [0.1, 0.15) is 5.82 Å². The summed E-state index contributed by atoms with van der Waals surface area (Å²) in [7, 11) is 0. The molecule has 206 valence electrons. The van der Waals surface area contributed by atoms with Gasteiger partial charge in [-0.3, -0.25) is 14.6 Å². The van der Waals surface area contributed by atoms with Crippen LogP contribution in [-0.4, -0.2) is 51.6 Å². The standard InChI is InChI=1S/C25H25FN4O2.C2HF3O2/c26-20-12-16(24(31)29-17-4-2-1-3-5-17)6-7-18(20)23-13-15(8-10-27-23)22-14-19-21(30-22)9-11-28-25(19)32;3-2(4,5)1(6)7/h6-8,10,12-14,17,30H,1-5,9,11H2,(H,28,32)(H,29,31);(H,6,7). The van der Waals surface area contributed by atoms with Gasteiger partial charge in [0.05, 0.1) is 11.3 Å². The first-order chi connectivity index (χ1) is 18.5. The van der Waals surface area contributed by atoms with E-state index in [0.717, 1.165) is 49.1 Å². The maximum Gasteiger partial charge on any atom is 0.490 e. The summed E-state index contributed by atoms with van der Waals surface area (Å²) in [6, 6.07) is 10.1. The largest absolute Gasteiger partial charge is 0.490 e. The molecule has 4 N–H and O–H groups in total. The Bertz CT molecular complexity index is 1380. The van der Waals surface area contributed by atoms with Crippen molar-refractivity contribution in [1.82, 2.24) is 20.6 Å². The number of carboxylic acids is 1. The van der Waals surface area contributed by atoms with Gasteiger partial charge in [0.25, 0.3) is 11.8 Å². The van der Waals surface area contributed by atoms with Crippen LogP contribution in [0.4, 0.5) is 17.6 Å². The number of rotatable bonds is 4. The first-order valence-corrected chi connectivity index (χ1v) is 12.4. The molecular formula is C27H26F4N4O4. The number of halogens is 4. The van der Waals surface area contributed by atoms with Gasteiger partial charge in [0.15, 0.2) is 0 Å². The van der Waals surface area contributed by atoms with E-state index < -0.39 is 18.0 Å². The van der Waals surface area contributed by atoms with Crippen molar-refractivity contribution in [2.75, 3.05) is 6.54 Å². The van der Waals surface area contributed by atoms with Gasteiger partial charge in [-0.15, -0.1) is 0 Å². The molecule has 3 aromatic rings. The molecule has 5 rings (SSSR count). The highest BCUT2D eigenvalue weighted by Gasteiger charge is 2.38. The molecule has 8 nitrogen and oxygen atoms in total. The minimum Gasteiger partial charge on any atom is -0.475 e. The van der Waals surface area contributed by atoms with E-state index in [9.17, 15) is 27.2 Å². The number of aromatic nitrogens is 2. The molecule has 2 aromatic heterocycles. The second kappa shape index (κ2) is 11.7. The van der Waals surface area contributed by atoms with E-state index in [0.29, 0.717) is 28.9 Å². The maximum atomic E-state index is 15.0. The number of aliphatic carboxylic acids is 1. The molecule has 1 aliphatic heterocycles. The highest BCUT2D eigenvalue weighted by molar-refractivity contribution is 5.98. The average Bonchev–Trinajstić information content (AvgIpc) is 3.35. The Morgan fingerprint density at radius 1 is 1.03 bits per heavy atom. The van der Waals surface area contributed by atoms with Crippen LogP contribution in [0, 0.1) is 5.82 Å². The Morgan fingerprint density at radius 3 is 2.38 bits per heavy atom. The molecule has 0 bridgehead atoms. The Balaban J connectivity index is 0.000000448. The van der Waals surface area contributed by atoms with Crippen LogP contribution >= 0.6 is 0 Å². The van der Waals surface area contributed by atoms with Crippen LogP contribution in [0.3, 0.4) is 0 Å². The van der Waals surface area contributed by atoms with Gasteiger partial charge in [-0.1, -0.05) is 19.3 Å². The predicted octanol–water partition coefficient (Wildman–Crippen LogP) is 4.86. The summed E-state index contributed by atoms with van der Waals surface area (Å²) in [6.07, 6.45) is 2.69. The highest BCUT2D eigenvalue weighted by atomic mass is 19.4. The quantitative estimate of drug-likeness (QED) is 0.348. The number of benzene rings is 1. The van der Waals surface area contributed by atoms with E-state index in [1.54, 1.807) is 24.4 Å². The number of carbonyl (C=O) groups is 3. The van der Waals surface area contributed by atoms with Crippen LogP contribution in [0.2, 0.25) is 0 Å². The zero-order chi connectivity index (χ0) is 28.2. The summed E-state index contributed by atoms with van der Waals surface area (Å²) in [4.78, 5) is 41.1. The lowest BCUT2D eigenvalue weighted by atomic mass is 9.95. The smallest absolute Gasteiger partial charge is 0.475 e. The molecule has 0 spiro atoms. The highest BCUT2D eigenvalue weighted by Crippen LogP contribution is 2.29. The lowest BCUT2D eigenvalue weighted by molar-refractivity contribution is -0.192. The van der Waals surface area contributed by atoms with E-state index in [1.165, 1.54) is 12.5 Å². The van der Waals surface area contributed by atoms with Crippen molar-refractivity contribution in [3.8, 4) is 22.5 Å². The van der Waals surface area contributed by atoms with Crippen LogP contribution in [0.1, 0.15) is 58.5 Å². The van der Waals surface area contributed by atoms with E-state index in [-0.39, 0.29) is 17.9 Å².